The minimum Gasteiger partial charge on any atom is -0.346 e. The Hall–Kier alpha value is -0.830. The molecule has 0 aromatic heterocycles. The highest BCUT2D eigenvalue weighted by Gasteiger charge is 2.34. The molecule has 2 rings (SSSR count). The molecule has 1 aliphatic carbocycles. The van der Waals surface area contributed by atoms with E-state index in [0.29, 0.717) is 19.1 Å². The second kappa shape index (κ2) is 5.87. The van der Waals surface area contributed by atoms with E-state index in [1.54, 1.807) is 0 Å². The van der Waals surface area contributed by atoms with E-state index in [1.807, 2.05) is 32.1 Å². The number of halogens is 1. The first kappa shape index (κ1) is 13.6. The molecule has 0 amide bonds. The van der Waals surface area contributed by atoms with Gasteiger partial charge >= 0.3 is 0 Å². The van der Waals surface area contributed by atoms with E-state index in [1.165, 1.54) is 11.1 Å². The predicted molar refractivity (Wildman–Crippen MR) is 74.8 cm³/mol. The normalized spacial score (nSPS) is 17.2. The van der Waals surface area contributed by atoms with Gasteiger partial charge in [0, 0.05) is 25.5 Å². The lowest BCUT2D eigenvalue weighted by atomic mass is 9.88. The Labute approximate surface area is 114 Å². The third-order valence-corrected chi connectivity index (χ3v) is 3.40. The van der Waals surface area contributed by atoms with E-state index in [2.05, 4.69) is 12.1 Å². The third kappa shape index (κ3) is 2.61. The van der Waals surface area contributed by atoms with Crippen molar-refractivity contribution >= 4 is 17.2 Å². The Morgan fingerprint density at radius 1 is 1.17 bits per heavy atom. The number of fused-ring (bicyclic) bond motifs is 1. The minimum absolute atomic E-state index is 0.471. The molecule has 0 atom stereocenters. The van der Waals surface area contributed by atoms with Crippen molar-refractivity contribution in [3.8, 4) is 0 Å². The van der Waals surface area contributed by atoms with Gasteiger partial charge in [-0.3, -0.25) is 0 Å². The van der Waals surface area contributed by atoms with Gasteiger partial charge in [0.25, 0.3) is 0 Å². The van der Waals surface area contributed by atoms with Crippen LogP contribution >= 0.6 is 11.6 Å². The SMILES string of the molecule is CCOC1(OCC)C=C(CCl)c2ccccc2C1. The second-order valence-electron chi connectivity index (χ2n) is 4.31. The maximum absolute atomic E-state index is 6.06. The number of benzene rings is 1. The topological polar surface area (TPSA) is 18.5 Å². The number of allylic oxidation sites excluding steroid dienone is 1. The maximum Gasteiger partial charge on any atom is 0.192 e. The van der Waals surface area contributed by atoms with Crippen LogP contribution in [0, 0.1) is 0 Å². The zero-order chi connectivity index (χ0) is 13.0. The number of rotatable bonds is 5. The van der Waals surface area contributed by atoms with E-state index < -0.39 is 5.79 Å². The molecule has 0 saturated carbocycles. The lowest BCUT2D eigenvalue weighted by molar-refractivity contribution is -0.198. The van der Waals surface area contributed by atoms with Crippen LogP contribution in [0.4, 0.5) is 0 Å². The van der Waals surface area contributed by atoms with Gasteiger partial charge in [-0.2, -0.15) is 0 Å². The van der Waals surface area contributed by atoms with E-state index in [4.69, 9.17) is 21.1 Å². The van der Waals surface area contributed by atoms with Crippen LogP contribution in [0.2, 0.25) is 0 Å². The molecule has 0 aliphatic heterocycles. The van der Waals surface area contributed by atoms with Gasteiger partial charge in [-0.15, -0.1) is 11.6 Å². The molecule has 0 fully saturated rings. The summed E-state index contributed by atoms with van der Waals surface area (Å²) in [4.78, 5) is 0. The number of hydrogen-bond donors (Lipinski definition) is 0. The summed E-state index contributed by atoms with van der Waals surface area (Å²) >= 11 is 6.06. The Balaban J connectivity index is 2.42. The fourth-order valence-corrected chi connectivity index (χ4v) is 2.69. The molecule has 0 unspecified atom stereocenters. The van der Waals surface area contributed by atoms with Crippen molar-refractivity contribution in [2.75, 3.05) is 19.1 Å². The molecule has 0 spiro atoms. The molecule has 0 radical (unpaired) electrons. The molecular formula is C15H19ClO2. The zero-order valence-electron chi connectivity index (χ0n) is 10.9. The second-order valence-corrected chi connectivity index (χ2v) is 4.58. The van der Waals surface area contributed by atoms with Crippen LogP contribution in [0.25, 0.3) is 5.57 Å². The molecule has 0 heterocycles. The van der Waals surface area contributed by atoms with E-state index in [9.17, 15) is 0 Å². The van der Waals surface area contributed by atoms with E-state index >= 15 is 0 Å². The summed E-state index contributed by atoms with van der Waals surface area (Å²) in [7, 11) is 0. The molecule has 3 heteroatoms. The minimum atomic E-state index is -0.651. The summed E-state index contributed by atoms with van der Waals surface area (Å²) in [5.74, 6) is -0.180. The van der Waals surface area contributed by atoms with Crippen molar-refractivity contribution in [1.82, 2.24) is 0 Å². The summed E-state index contributed by atoms with van der Waals surface area (Å²) < 4.78 is 11.7. The highest BCUT2D eigenvalue weighted by atomic mass is 35.5. The average molecular weight is 267 g/mol. The van der Waals surface area contributed by atoms with Crippen molar-refractivity contribution in [3.63, 3.8) is 0 Å². The standard InChI is InChI=1S/C15H19ClO2/c1-3-17-15(18-4-2)9-12-7-5-6-8-14(12)13(10-15)11-16/h5-8,10H,3-4,9,11H2,1-2H3. The van der Waals surface area contributed by atoms with Crippen molar-refractivity contribution in [3.05, 3.63) is 41.5 Å². The lowest BCUT2D eigenvalue weighted by Gasteiger charge is -2.35. The van der Waals surface area contributed by atoms with Crippen LogP contribution in [-0.4, -0.2) is 24.9 Å². The zero-order valence-corrected chi connectivity index (χ0v) is 11.7. The summed E-state index contributed by atoms with van der Waals surface area (Å²) in [6, 6.07) is 8.29. The van der Waals surface area contributed by atoms with Gasteiger partial charge in [-0.25, -0.2) is 0 Å². The fraction of sp³-hybridized carbons (Fsp3) is 0.467. The Bertz CT molecular complexity index is 434. The van der Waals surface area contributed by atoms with Crippen LogP contribution in [0.5, 0.6) is 0 Å². The summed E-state index contributed by atoms with van der Waals surface area (Å²) in [5.41, 5.74) is 3.53. The molecule has 18 heavy (non-hydrogen) atoms. The predicted octanol–water partition coefficient (Wildman–Crippen LogP) is 3.63. The molecule has 1 aliphatic rings. The van der Waals surface area contributed by atoms with Crippen molar-refractivity contribution in [2.24, 2.45) is 0 Å². The van der Waals surface area contributed by atoms with Crippen LogP contribution in [-0.2, 0) is 15.9 Å². The third-order valence-electron chi connectivity index (χ3n) is 3.12. The molecule has 1 aromatic rings. The highest BCUT2D eigenvalue weighted by molar-refractivity contribution is 6.23. The Kier molecular flexibility index (Phi) is 4.44. The quantitative estimate of drug-likeness (QED) is 0.598. The monoisotopic (exact) mass is 266 g/mol. The van der Waals surface area contributed by atoms with Gasteiger partial charge in [0.2, 0.25) is 0 Å². The fourth-order valence-electron chi connectivity index (χ4n) is 2.47. The van der Waals surface area contributed by atoms with Gasteiger partial charge < -0.3 is 9.47 Å². The number of ether oxygens (including phenoxy) is 2. The maximum atomic E-state index is 6.06. The Morgan fingerprint density at radius 2 is 1.83 bits per heavy atom. The first-order chi connectivity index (χ1) is 8.74. The van der Waals surface area contributed by atoms with E-state index in [-0.39, 0.29) is 0 Å². The lowest BCUT2D eigenvalue weighted by Crippen LogP contribution is -2.39. The molecule has 0 saturated heterocycles. The average Bonchev–Trinajstić information content (AvgIpc) is 2.38. The van der Waals surface area contributed by atoms with Gasteiger partial charge in [-0.1, -0.05) is 24.3 Å². The number of alkyl halides is 1. The van der Waals surface area contributed by atoms with Crippen LogP contribution in [0.1, 0.15) is 25.0 Å². The smallest absolute Gasteiger partial charge is 0.192 e. The highest BCUT2D eigenvalue weighted by Crippen LogP contribution is 2.35. The molecule has 2 nitrogen and oxygen atoms in total. The summed E-state index contributed by atoms with van der Waals surface area (Å²) in [6.45, 7) is 5.20. The molecule has 1 aromatic carbocycles. The Morgan fingerprint density at radius 3 is 2.44 bits per heavy atom. The summed E-state index contributed by atoms with van der Waals surface area (Å²) in [5, 5.41) is 0. The van der Waals surface area contributed by atoms with Crippen molar-refractivity contribution in [1.29, 1.82) is 0 Å². The van der Waals surface area contributed by atoms with Crippen LogP contribution < -0.4 is 0 Å². The van der Waals surface area contributed by atoms with Gasteiger partial charge in [0.05, 0.1) is 0 Å². The number of hydrogen-bond acceptors (Lipinski definition) is 2. The molecule has 98 valence electrons. The molecule has 0 N–H and O–H groups in total. The van der Waals surface area contributed by atoms with Gasteiger partial charge in [0.15, 0.2) is 5.79 Å². The van der Waals surface area contributed by atoms with Crippen LogP contribution in [0.15, 0.2) is 30.3 Å². The van der Waals surface area contributed by atoms with Crippen LogP contribution in [0.3, 0.4) is 0 Å². The first-order valence-corrected chi connectivity index (χ1v) is 6.92. The van der Waals surface area contributed by atoms with Gasteiger partial charge in [0.1, 0.15) is 0 Å². The van der Waals surface area contributed by atoms with Gasteiger partial charge in [-0.05, 0) is 36.6 Å². The van der Waals surface area contributed by atoms with Crippen molar-refractivity contribution in [2.45, 2.75) is 26.1 Å². The molecule has 0 bridgehead atoms. The van der Waals surface area contributed by atoms with E-state index in [0.717, 1.165) is 12.0 Å². The largest absolute Gasteiger partial charge is 0.346 e. The van der Waals surface area contributed by atoms with Crippen molar-refractivity contribution < 1.29 is 9.47 Å². The first-order valence-electron chi connectivity index (χ1n) is 6.38. The summed E-state index contributed by atoms with van der Waals surface area (Å²) in [6.07, 6.45) is 2.78. The molecular weight excluding hydrogens is 248 g/mol.